The second-order valence-corrected chi connectivity index (χ2v) is 9.90. The quantitative estimate of drug-likeness (QED) is 0.362. The lowest BCUT2D eigenvalue weighted by Gasteiger charge is -2.19. The lowest BCUT2D eigenvalue weighted by atomic mass is 10.0. The van der Waals surface area contributed by atoms with Crippen LogP contribution in [0.3, 0.4) is 0 Å². The zero-order valence-electron chi connectivity index (χ0n) is 21.5. The van der Waals surface area contributed by atoms with Gasteiger partial charge in [0.2, 0.25) is 0 Å². The number of rotatable bonds is 9. The lowest BCUT2D eigenvalue weighted by molar-refractivity contribution is -0.118. The number of nitrogens with one attached hydrogen (secondary N) is 3. The highest BCUT2D eigenvalue weighted by Gasteiger charge is 2.33. The fraction of sp³-hybridized carbons (Fsp3) is 0.345. The van der Waals surface area contributed by atoms with Gasteiger partial charge >= 0.3 is 6.09 Å². The molecule has 2 atom stereocenters. The first-order valence-corrected chi connectivity index (χ1v) is 13.3. The third-order valence-corrected chi connectivity index (χ3v) is 7.00. The van der Waals surface area contributed by atoms with Gasteiger partial charge in [0, 0.05) is 13.1 Å². The van der Waals surface area contributed by atoms with Crippen molar-refractivity contribution in [3.63, 3.8) is 0 Å². The summed E-state index contributed by atoms with van der Waals surface area (Å²) in [4.78, 5) is 29.9. The van der Waals surface area contributed by atoms with Gasteiger partial charge in [0.05, 0.1) is 6.54 Å². The van der Waals surface area contributed by atoms with Gasteiger partial charge in [-0.2, -0.15) is 0 Å². The van der Waals surface area contributed by atoms with Crippen molar-refractivity contribution in [3.05, 3.63) is 66.2 Å². The summed E-state index contributed by atoms with van der Waals surface area (Å²) in [6.45, 7) is 3.64. The van der Waals surface area contributed by atoms with Crippen LogP contribution in [0.1, 0.15) is 18.4 Å². The zero-order valence-corrected chi connectivity index (χ0v) is 21.5. The van der Waals surface area contributed by atoms with E-state index < -0.39 is 6.09 Å². The number of ether oxygens (including phenoxy) is 3. The maximum Gasteiger partial charge on any atom is 0.415 e. The van der Waals surface area contributed by atoms with E-state index in [1.807, 2.05) is 12.1 Å². The van der Waals surface area contributed by atoms with Gasteiger partial charge in [-0.3, -0.25) is 9.69 Å². The molecule has 0 bridgehead atoms. The maximum absolute atomic E-state index is 12.5. The van der Waals surface area contributed by atoms with Crippen LogP contribution in [0.25, 0.3) is 11.1 Å². The van der Waals surface area contributed by atoms with Gasteiger partial charge in [-0.15, -0.1) is 0 Å². The molecular formula is C29H31N5O5. The Bertz CT molecular complexity index is 1360. The summed E-state index contributed by atoms with van der Waals surface area (Å²) in [7, 11) is 0. The van der Waals surface area contributed by atoms with Crippen molar-refractivity contribution in [2.45, 2.75) is 31.6 Å². The fourth-order valence-electron chi connectivity index (χ4n) is 4.99. The minimum absolute atomic E-state index is 0.0419. The average Bonchev–Trinajstić information content (AvgIpc) is 3.60. The molecule has 1 aromatic heterocycles. The number of carbonyl (C=O) groups is 2. The highest BCUT2D eigenvalue weighted by molar-refractivity contribution is 5.95. The summed E-state index contributed by atoms with van der Waals surface area (Å²) >= 11 is 0. The van der Waals surface area contributed by atoms with Crippen molar-refractivity contribution in [2.24, 2.45) is 0 Å². The first-order chi connectivity index (χ1) is 19.1. The van der Waals surface area contributed by atoms with E-state index in [1.54, 1.807) is 12.1 Å². The van der Waals surface area contributed by atoms with E-state index in [4.69, 9.17) is 14.2 Å². The van der Waals surface area contributed by atoms with E-state index >= 15 is 0 Å². The number of nitrogens with zero attached hydrogens (tertiary/aromatic N) is 2. The van der Waals surface area contributed by atoms with E-state index in [1.165, 1.54) is 10.5 Å². The first kappa shape index (κ1) is 25.1. The summed E-state index contributed by atoms with van der Waals surface area (Å²) in [5.74, 6) is 1.85. The molecular weight excluding hydrogens is 498 g/mol. The van der Waals surface area contributed by atoms with E-state index in [-0.39, 0.29) is 24.7 Å². The third kappa shape index (κ3) is 5.97. The van der Waals surface area contributed by atoms with Crippen molar-refractivity contribution < 1.29 is 23.8 Å². The smallest absolute Gasteiger partial charge is 0.415 e. The number of benzene rings is 2. The molecule has 0 saturated carbocycles. The molecule has 6 rings (SSSR count). The normalized spacial score (nSPS) is 20.3. The zero-order chi connectivity index (χ0) is 26.6. The first-order valence-electron chi connectivity index (χ1n) is 13.3. The molecule has 3 N–H and O–H groups in total. The Morgan fingerprint density at radius 1 is 1.08 bits per heavy atom. The van der Waals surface area contributed by atoms with Crippen molar-refractivity contribution >= 4 is 23.6 Å². The predicted molar refractivity (Wildman–Crippen MR) is 146 cm³/mol. The van der Waals surface area contributed by atoms with Gasteiger partial charge in [-0.05, 0) is 73.0 Å². The van der Waals surface area contributed by atoms with E-state index in [2.05, 4.69) is 57.3 Å². The topological polar surface area (TPSA) is 114 Å². The molecule has 2 unspecified atom stereocenters. The largest absolute Gasteiger partial charge is 0.489 e. The van der Waals surface area contributed by atoms with Crippen LogP contribution in [0.15, 0.2) is 60.7 Å². The second-order valence-electron chi connectivity index (χ2n) is 9.90. The van der Waals surface area contributed by atoms with Crippen molar-refractivity contribution in [2.75, 3.05) is 43.0 Å². The Morgan fingerprint density at radius 2 is 1.95 bits per heavy atom. The maximum atomic E-state index is 12.5. The highest BCUT2D eigenvalue weighted by atomic mass is 16.6. The molecule has 10 nitrogen and oxygen atoms in total. The molecule has 3 aromatic rings. The SMILES string of the molecule is O=C1COc2ccc(N3CC(CCNCc4cccc(-c5cccc(OC6CCNC6)c5)c4)OC3=O)nc2N1. The van der Waals surface area contributed by atoms with E-state index in [0.717, 1.165) is 36.4 Å². The Kier molecular flexibility index (Phi) is 7.29. The molecule has 0 spiro atoms. The summed E-state index contributed by atoms with van der Waals surface area (Å²) in [5, 5.41) is 9.46. The van der Waals surface area contributed by atoms with Crippen LogP contribution in [0.2, 0.25) is 0 Å². The number of carbonyl (C=O) groups excluding carboxylic acids is 2. The van der Waals surface area contributed by atoms with Crippen LogP contribution < -0.4 is 30.3 Å². The summed E-state index contributed by atoms with van der Waals surface area (Å²) in [6.07, 6.45) is 1.23. The van der Waals surface area contributed by atoms with Crippen LogP contribution in [0.4, 0.5) is 16.4 Å². The van der Waals surface area contributed by atoms with E-state index in [0.29, 0.717) is 43.4 Å². The van der Waals surface area contributed by atoms with Gasteiger partial charge in [0.15, 0.2) is 18.2 Å². The molecule has 3 aliphatic rings. The van der Waals surface area contributed by atoms with Gasteiger partial charge in [-0.1, -0.05) is 30.3 Å². The van der Waals surface area contributed by atoms with E-state index in [9.17, 15) is 9.59 Å². The minimum atomic E-state index is -0.446. The number of aromatic nitrogens is 1. The van der Waals surface area contributed by atoms with Crippen molar-refractivity contribution in [3.8, 4) is 22.6 Å². The molecule has 0 aliphatic carbocycles. The Labute approximate surface area is 226 Å². The monoisotopic (exact) mass is 529 g/mol. The molecule has 4 heterocycles. The summed E-state index contributed by atoms with van der Waals surface area (Å²) in [6, 6.07) is 20.1. The summed E-state index contributed by atoms with van der Waals surface area (Å²) in [5.41, 5.74) is 3.44. The molecule has 2 aromatic carbocycles. The molecule has 202 valence electrons. The number of hydrogen-bond donors (Lipinski definition) is 3. The molecule has 39 heavy (non-hydrogen) atoms. The number of amides is 2. The van der Waals surface area contributed by atoms with Crippen LogP contribution in [-0.4, -0.2) is 62.0 Å². The molecule has 3 aliphatic heterocycles. The van der Waals surface area contributed by atoms with Crippen LogP contribution in [0, 0.1) is 0 Å². The molecule has 2 saturated heterocycles. The summed E-state index contributed by atoms with van der Waals surface area (Å²) < 4.78 is 17.0. The highest BCUT2D eigenvalue weighted by Crippen LogP contribution is 2.30. The minimum Gasteiger partial charge on any atom is -0.489 e. The van der Waals surface area contributed by atoms with Crippen LogP contribution in [0.5, 0.6) is 11.5 Å². The van der Waals surface area contributed by atoms with Gasteiger partial charge in [0.1, 0.15) is 23.8 Å². The third-order valence-electron chi connectivity index (χ3n) is 7.00. The Hall–Kier alpha value is -4.15. The Balaban J connectivity index is 1.000. The Morgan fingerprint density at radius 3 is 2.82 bits per heavy atom. The molecule has 0 radical (unpaired) electrons. The number of fused-ring (bicyclic) bond motifs is 1. The van der Waals surface area contributed by atoms with Gasteiger partial charge in [0.25, 0.3) is 5.91 Å². The second kappa shape index (κ2) is 11.3. The molecule has 2 amide bonds. The number of cyclic esters (lactones) is 1. The van der Waals surface area contributed by atoms with Gasteiger partial charge in [-0.25, -0.2) is 9.78 Å². The van der Waals surface area contributed by atoms with Crippen LogP contribution in [-0.2, 0) is 16.1 Å². The standard InChI is InChI=1S/C29H31N5O5/c35-27-18-37-25-7-8-26(32-28(25)33-27)34-17-24(39-29(34)36)10-12-30-15-19-3-1-4-20(13-19)21-5-2-6-22(14-21)38-23-9-11-31-16-23/h1-8,13-14,23-24,30-31H,9-12,15-18H2,(H,32,33,35). The number of anilines is 2. The number of pyridine rings is 1. The molecule has 2 fully saturated rings. The lowest BCUT2D eigenvalue weighted by Crippen LogP contribution is -2.29. The molecule has 10 heteroatoms. The number of hydrogen-bond acceptors (Lipinski definition) is 8. The van der Waals surface area contributed by atoms with Crippen molar-refractivity contribution in [1.82, 2.24) is 15.6 Å². The fourth-order valence-corrected chi connectivity index (χ4v) is 4.99. The van der Waals surface area contributed by atoms with Crippen molar-refractivity contribution in [1.29, 1.82) is 0 Å². The predicted octanol–water partition coefficient (Wildman–Crippen LogP) is 3.33. The van der Waals surface area contributed by atoms with Crippen LogP contribution >= 0.6 is 0 Å². The average molecular weight is 530 g/mol. The van der Waals surface area contributed by atoms with Gasteiger partial charge < -0.3 is 30.2 Å².